The number of carbonyl (C=O) groups excluding carboxylic acids is 2. The van der Waals surface area contributed by atoms with E-state index < -0.39 is 6.04 Å². The average molecular weight is 282 g/mol. The molecular formula is C17H18N2O2. The molecule has 0 aliphatic rings. The van der Waals surface area contributed by atoms with Crippen molar-refractivity contribution in [3.8, 4) is 0 Å². The number of rotatable bonds is 5. The van der Waals surface area contributed by atoms with Crippen LogP contribution in [0.25, 0.3) is 0 Å². The maximum Gasteiger partial charge on any atom is 0.251 e. The maximum atomic E-state index is 12.2. The minimum absolute atomic E-state index is 0.0670. The Balaban J connectivity index is 2.07. The van der Waals surface area contributed by atoms with Gasteiger partial charge in [-0.05, 0) is 43.2 Å². The first-order valence-corrected chi connectivity index (χ1v) is 6.77. The molecule has 2 rings (SSSR count). The van der Waals surface area contributed by atoms with Gasteiger partial charge in [-0.3, -0.25) is 9.59 Å². The summed E-state index contributed by atoms with van der Waals surface area (Å²) in [4.78, 5) is 23.9. The van der Waals surface area contributed by atoms with Crippen LogP contribution >= 0.6 is 0 Å². The van der Waals surface area contributed by atoms with Crippen molar-refractivity contribution >= 4 is 17.4 Å². The highest BCUT2D eigenvalue weighted by atomic mass is 16.2. The smallest absolute Gasteiger partial charge is 0.251 e. The van der Waals surface area contributed by atoms with Gasteiger partial charge < -0.3 is 11.1 Å². The van der Waals surface area contributed by atoms with Crippen molar-refractivity contribution < 1.29 is 9.59 Å². The Hall–Kier alpha value is -2.62. The standard InChI is InChI=1S/C17H18N2O2/c1-12(20)16(11-13-5-3-2-4-6-13)19-17(21)14-7-9-15(18)10-8-14/h2-10,16H,11,18H2,1H3,(H,19,21). The largest absolute Gasteiger partial charge is 0.399 e. The maximum absolute atomic E-state index is 12.2. The molecule has 0 saturated heterocycles. The summed E-state index contributed by atoms with van der Waals surface area (Å²) in [5.74, 6) is -0.339. The molecule has 0 spiro atoms. The third kappa shape index (κ3) is 4.18. The highest BCUT2D eigenvalue weighted by molar-refractivity contribution is 5.97. The Morgan fingerprint density at radius 3 is 2.24 bits per heavy atom. The molecule has 0 fully saturated rings. The van der Waals surface area contributed by atoms with Crippen molar-refractivity contribution in [2.75, 3.05) is 5.73 Å². The van der Waals surface area contributed by atoms with Gasteiger partial charge in [0.1, 0.15) is 0 Å². The first-order chi connectivity index (χ1) is 10.1. The number of ketones is 1. The van der Waals surface area contributed by atoms with E-state index in [9.17, 15) is 9.59 Å². The highest BCUT2D eigenvalue weighted by Gasteiger charge is 2.18. The number of nitrogens with one attached hydrogen (secondary N) is 1. The third-order valence-electron chi connectivity index (χ3n) is 3.25. The van der Waals surface area contributed by atoms with Gasteiger partial charge in [0.25, 0.3) is 5.91 Å². The van der Waals surface area contributed by atoms with Crippen molar-refractivity contribution in [3.63, 3.8) is 0 Å². The zero-order valence-electron chi connectivity index (χ0n) is 11.9. The van der Waals surface area contributed by atoms with Crippen LogP contribution in [-0.4, -0.2) is 17.7 Å². The molecule has 2 aromatic rings. The van der Waals surface area contributed by atoms with E-state index in [2.05, 4.69) is 5.32 Å². The summed E-state index contributed by atoms with van der Waals surface area (Å²) in [5.41, 5.74) is 7.69. The Bertz CT molecular complexity index is 621. The zero-order valence-corrected chi connectivity index (χ0v) is 11.9. The summed E-state index contributed by atoms with van der Waals surface area (Å²) < 4.78 is 0. The van der Waals surface area contributed by atoms with Crippen molar-refractivity contribution in [2.45, 2.75) is 19.4 Å². The summed E-state index contributed by atoms with van der Waals surface area (Å²) in [6, 6.07) is 15.7. The highest BCUT2D eigenvalue weighted by Crippen LogP contribution is 2.08. The van der Waals surface area contributed by atoms with E-state index in [1.807, 2.05) is 30.3 Å². The number of anilines is 1. The number of Topliss-reactive ketones (excluding diaryl/α,β-unsaturated/α-hetero) is 1. The number of carbonyl (C=O) groups is 2. The van der Waals surface area contributed by atoms with Crippen LogP contribution in [0.2, 0.25) is 0 Å². The van der Waals surface area contributed by atoms with Crippen molar-refractivity contribution in [3.05, 3.63) is 65.7 Å². The quantitative estimate of drug-likeness (QED) is 0.826. The number of benzene rings is 2. The summed E-state index contributed by atoms with van der Waals surface area (Å²) in [6.45, 7) is 1.48. The van der Waals surface area contributed by atoms with Gasteiger partial charge in [0.15, 0.2) is 5.78 Å². The summed E-state index contributed by atoms with van der Waals surface area (Å²) >= 11 is 0. The van der Waals surface area contributed by atoms with E-state index in [-0.39, 0.29) is 11.7 Å². The second-order valence-electron chi connectivity index (χ2n) is 4.95. The molecule has 108 valence electrons. The Kier molecular flexibility index (Phi) is 4.72. The Labute approximate surface area is 124 Å². The van der Waals surface area contributed by atoms with E-state index in [1.165, 1.54) is 6.92 Å². The molecule has 2 aromatic carbocycles. The fourth-order valence-electron chi connectivity index (χ4n) is 2.02. The summed E-state index contributed by atoms with van der Waals surface area (Å²) in [7, 11) is 0. The van der Waals surface area contributed by atoms with Crippen LogP contribution in [0.3, 0.4) is 0 Å². The Morgan fingerprint density at radius 2 is 1.67 bits per heavy atom. The second kappa shape index (κ2) is 6.70. The zero-order chi connectivity index (χ0) is 15.2. The predicted molar refractivity (Wildman–Crippen MR) is 82.9 cm³/mol. The van der Waals surface area contributed by atoms with Gasteiger partial charge in [-0.15, -0.1) is 0 Å². The monoisotopic (exact) mass is 282 g/mol. The first kappa shape index (κ1) is 14.8. The van der Waals surface area contributed by atoms with Crippen LogP contribution in [0.5, 0.6) is 0 Å². The molecule has 0 aliphatic heterocycles. The lowest BCUT2D eigenvalue weighted by molar-refractivity contribution is -0.118. The van der Waals surface area contributed by atoms with Crippen LogP contribution in [0, 0.1) is 0 Å². The van der Waals surface area contributed by atoms with Gasteiger partial charge in [0.05, 0.1) is 6.04 Å². The SMILES string of the molecule is CC(=O)C(Cc1ccccc1)NC(=O)c1ccc(N)cc1. The molecule has 1 unspecified atom stereocenters. The molecule has 1 amide bonds. The van der Waals surface area contributed by atoms with Crippen LogP contribution < -0.4 is 11.1 Å². The van der Waals surface area contributed by atoms with E-state index in [4.69, 9.17) is 5.73 Å². The molecule has 0 heterocycles. The molecule has 1 atom stereocenters. The predicted octanol–water partition coefficient (Wildman–Crippen LogP) is 2.20. The van der Waals surface area contributed by atoms with Gasteiger partial charge >= 0.3 is 0 Å². The molecule has 0 radical (unpaired) electrons. The van der Waals surface area contributed by atoms with Gasteiger partial charge in [-0.25, -0.2) is 0 Å². The number of hydrogen-bond donors (Lipinski definition) is 2. The number of amides is 1. The lowest BCUT2D eigenvalue weighted by Crippen LogP contribution is -2.41. The van der Waals surface area contributed by atoms with Crippen LogP contribution in [0.4, 0.5) is 5.69 Å². The molecule has 0 aliphatic carbocycles. The topological polar surface area (TPSA) is 72.2 Å². The van der Waals surface area contributed by atoms with E-state index in [0.29, 0.717) is 17.7 Å². The molecule has 0 saturated carbocycles. The van der Waals surface area contributed by atoms with Gasteiger partial charge in [0, 0.05) is 11.3 Å². The summed E-state index contributed by atoms with van der Waals surface area (Å²) in [5, 5.41) is 2.77. The second-order valence-corrected chi connectivity index (χ2v) is 4.95. The van der Waals surface area contributed by atoms with E-state index >= 15 is 0 Å². The van der Waals surface area contributed by atoms with Crippen molar-refractivity contribution in [2.24, 2.45) is 0 Å². The van der Waals surface area contributed by atoms with E-state index in [0.717, 1.165) is 5.56 Å². The molecule has 21 heavy (non-hydrogen) atoms. The lowest BCUT2D eigenvalue weighted by Gasteiger charge is -2.16. The molecule has 3 N–H and O–H groups in total. The van der Waals surface area contributed by atoms with Gasteiger partial charge in [-0.2, -0.15) is 0 Å². The van der Waals surface area contributed by atoms with Gasteiger partial charge in [0.2, 0.25) is 0 Å². The van der Waals surface area contributed by atoms with Gasteiger partial charge in [-0.1, -0.05) is 30.3 Å². The molecule has 0 bridgehead atoms. The minimum Gasteiger partial charge on any atom is -0.399 e. The number of nitrogen functional groups attached to an aromatic ring is 1. The molecule has 0 aromatic heterocycles. The first-order valence-electron chi connectivity index (χ1n) is 6.77. The molecule has 4 heteroatoms. The van der Waals surface area contributed by atoms with Crippen LogP contribution in [-0.2, 0) is 11.2 Å². The van der Waals surface area contributed by atoms with E-state index in [1.54, 1.807) is 24.3 Å². The number of hydrogen-bond acceptors (Lipinski definition) is 3. The molecular weight excluding hydrogens is 264 g/mol. The van der Waals surface area contributed by atoms with Crippen LogP contribution in [0.15, 0.2) is 54.6 Å². The van der Waals surface area contributed by atoms with Crippen molar-refractivity contribution in [1.29, 1.82) is 0 Å². The average Bonchev–Trinajstić information content (AvgIpc) is 2.48. The van der Waals surface area contributed by atoms with Crippen molar-refractivity contribution in [1.82, 2.24) is 5.32 Å². The fourth-order valence-corrected chi connectivity index (χ4v) is 2.02. The summed E-state index contributed by atoms with van der Waals surface area (Å²) in [6.07, 6.45) is 0.483. The fraction of sp³-hybridized carbons (Fsp3) is 0.176. The molecule has 4 nitrogen and oxygen atoms in total. The minimum atomic E-state index is -0.530. The van der Waals surface area contributed by atoms with Crippen LogP contribution in [0.1, 0.15) is 22.8 Å². The third-order valence-corrected chi connectivity index (χ3v) is 3.25. The number of nitrogens with two attached hydrogens (primary N) is 1. The Morgan fingerprint density at radius 1 is 1.05 bits per heavy atom. The lowest BCUT2D eigenvalue weighted by atomic mass is 10.0. The normalized spacial score (nSPS) is 11.7.